The maximum Gasteiger partial charge on any atom is 0.127 e. The number of benzene rings is 1. The Morgan fingerprint density at radius 2 is 2.20 bits per heavy atom. The van der Waals surface area contributed by atoms with E-state index in [1.54, 1.807) is 6.92 Å². The predicted octanol–water partition coefficient (Wildman–Crippen LogP) is 5.02. The SMILES string of the molecule is Cc1cc(C(Br)CC2CC2)c(Cl)cc1F. The van der Waals surface area contributed by atoms with Gasteiger partial charge >= 0.3 is 0 Å². The van der Waals surface area contributed by atoms with Crippen LogP contribution in [0.5, 0.6) is 0 Å². The summed E-state index contributed by atoms with van der Waals surface area (Å²) in [4.78, 5) is 0.261. The first-order chi connectivity index (χ1) is 7.08. The molecule has 0 amide bonds. The van der Waals surface area contributed by atoms with Gasteiger partial charge in [-0.1, -0.05) is 46.4 Å². The average molecular weight is 292 g/mol. The lowest BCUT2D eigenvalue weighted by atomic mass is 10.0. The molecule has 0 saturated heterocycles. The van der Waals surface area contributed by atoms with E-state index < -0.39 is 0 Å². The summed E-state index contributed by atoms with van der Waals surface area (Å²) in [5, 5.41) is 0.528. The maximum absolute atomic E-state index is 13.2. The molecule has 0 heterocycles. The van der Waals surface area contributed by atoms with Crippen LogP contribution in [0.2, 0.25) is 5.02 Å². The highest BCUT2D eigenvalue weighted by atomic mass is 79.9. The molecule has 0 radical (unpaired) electrons. The third kappa shape index (κ3) is 2.73. The summed E-state index contributed by atoms with van der Waals surface area (Å²) >= 11 is 9.66. The summed E-state index contributed by atoms with van der Waals surface area (Å²) in [6, 6.07) is 3.26. The van der Waals surface area contributed by atoms with Crippen LogP contribution in [0.15, 0.2) is 12.1 Å². The molecular formula is C12H13BrClF. The lowest BCUT2D eigenvalue weighted by Gasteiger charge is -2.12. The van der Waals surface area contributed by atoms with Crippen molar-refractivity contribution >= 4 is 27.5 Å². The predicted molar refractivity (Wildman–Crippen MR) is 65.2 cm³/mol. The van der Waals surface area contributed by atoms with Gasteiger partial charge in [-0.3, -0.25) is 0 Å². The van der Waals surface area contributed by atoms with Gasteiger partial charge in [-0.25, -0.2) is 4.39 Å². The molecular weight excluding hydrogens is 278 g/mol. The van der Waals surface area contributed by atoms with Crippen LogP contribution in [0, 0.1) is 18.7 Å². The minimum atomic E-state index is -0.227. The quantitative estimate of drug-likeness (QED) is 0.686. The molecule has 1 aromatic rings. The number of hydrogen-bond donors (Lipinski definition) is 0. The first-order valence-electron chi connectivity index (χ1n) is 5.17. The topological polar surface area (TPSA) is 0 Å². The lowest BCUT2D eigenvalue weighted by Crippen LogP contribution is -1.95. The summed E-state index contributed by atoms with van der Waals surface area (Å²) in [6.45, 7) is 1.77. The smallest absolute Gasteiger partial charge is 0.127 e. The van der Waals surface area contributed by atoms with Crippen LogP contribution < -0.4 is 0 Å². The van der Waals surface area contributed by atoms with Gasteiger partial charge in [0.25, 0.3) is 0 Å². The third-order valence-electron chi connectivity index (χ3n) is 2.85. The second kappa shape index (κ2) is 4.42. The Bertz CT molecular complexity index is 374. The van der Waals surface area contributed by atoms with E-state index in [2.05, 4.69) is 15.9 Å². The van der Waals surface area contributed by atoms with Crippen LogP contribution >= 0.6 is 27.5 Å². The van der Waals surface area contributed by atoms with Crippen LogP contribution in [0.3, 0.4) is 0 Å². The van der Waals surface area contributed by atoms with Gasteiger partial charge in [-0.15, -0.1) is 0 Å². The van der Waals surface area contributed by atoms with Gasteiger partial charge in [0.1, 0.15) is 5.82 Å². The van der Waals surface area contributed by atoms with E-state index in [1.165, 1.54) is 18.9 Å². The monoisotopic (exact) mass is 290 g/mol. The third-order valence-corrected chi connectivity index (χ3v) is 4.05. The van der Waals surface area contributed by atoms with Crippen molar-refractivity contribution in [2.45, 2.75) is 31.0 Å². The largest absolute Gasteiger partial charge is 0.207 e. The Labute approximate surface area is 103 Å². The number of halogens is 3. The fourth-order valence-electron chi connectivity index (χ4n) is 1.69. The Morgan fingerprint density at radius 3 is 2.80 bits per heavy atom. The highest BCUT2D eigenvalue weighted by Gasteiger charge is 2.26. The molecule has 1 aromatic carbocycles. The van der Waals surface area contributed by atoms with Crippen molar-refractivity contribution in [1.29, 1.82) is 0 Å². The van der Waals surface area contributed by atoms with Gasteiger partial charge in [0, 0.05) is 9.85 Å². The van der Waals surface area contributed by atoms with Crippen molar-refractivity contribution in [2.75, 3.05) is 0 Å². The fourth-order valence-corrected chi connectivity index (χ4v) is 3.01. The molecule has 0 spiro atoms. The van der Waals surface area contributed by atoms with Crippen molar-refractivity contribution in [3.63, 3.8) is 0 Å². The van der Waals surface area contributed by atoms with E-state index in [9.17, 15) is 4.39 Å². The fraction of sp³-hybridized carbons (Fsp3) is 0.500. The van der Waals surface area contributed by atoms with Crippen molar-refractivity contribution in [1.82, 2.24) is 0 Å². The summed E-state index contributed by atoms with van der Waals surface area (Å²) in [5.41, 5.74) is 1.68. The Morgan fingerprint density at radius 1 is 1.53 bits per heavy atom. The number of alkyl halides is 1. The van der Waals surface area contributed by atoms with E-state index >= 15 is 0 Å². The molecule has 82 valence electrons. The Balaban J connectivity index is 2.21. The highest BCUT2D eigenvalue weighted by molar-refractivity contribution is 9.09. The molecule has 0 aliphatic heterocycles. The van der Waals surface area contributed by atoms with Gasteiger partial charge in [-0.05, 0) is 36.5 Å². The van der Waals surface area contributed by atoms with Gasteiger partial charge in [0.2, 0.25) is 0 Å². The van der Waals surface area contributed by atoms with Crippen molar-refractivity contribution in [2.24, 2.45) is 5.92 Å². The zero-order valence-electron chi connectivity index (χ0n) is 8.56. The number of aryl methyl sites for hydroxylation is 1. The lowest BCUT2D eigenvalue weighted by molar-refractivity contribution is 0.616. The summed E-state index contributed by atoms with van der Waals surface area (Å²) < 4.78 is 13.2. The molecule has 1 unspecified atom stereocenters. The van der Waals surface area contributed by atoms with E-state index in [-0.39, 0.29) is 10.6 Å². The zero-order chi connectivity index (χ0) is 11.0. The average Bonchev–Trinajstić information content (AvgIpc) is 2.95. The summed E-state index contributed by atoms with van der Waals surface area (Å²) in [6.07, 6.45) is 3.74. The molecule has 3 heteroatoms. The van der Waals surface area contributed by atoms with Crippen LogP contribution in [0.4, 0.5) is 4.39 Å². The van der Waals surface area contributed by atoms with Crippen molar-refractivity contribution in [3.8, 4) is 0 Å². The standard InChI is InChI=1S/C12H13BrClF/c1-7-4-9(11(14)6-12(7)15)10(13)5-8-2-3-8/h4,6,8,10H,2-3,5H2,1H3. The van der Waals surface area contributed by atoms with E-state index in [1.807, 2.05) is 6.07 Å². The molecule has 15 heavy (non-hydrogen) atoms. The number of hydrogen-bond acceptors (Lipinski definition) is 0. The highest BCUT2D eigenvalue weighted by Crippen LogP contribution is 2.43. The van der Waals surface area contributed by atoms with E-state index in [0.29, 0.717) is 10.6 Å². The van der Waals surface area contributed by atoms with Crippen LogP contribution in [-0.2, 0) is 0 Å². The molecule has 0 aromatic heterocycles. The molecule has 1 aliphatic carbocycles. The molecule has 1 saturated carbocycles. The maximum atomic E-state index is 13.2. The summed E-state index contributed by atoms with van der Waals surface area (Å²) in [7, 11) is 0. The zero-order valence-corrected chi connectivity index (χ0v) is 10.9. The second-order valence-electron chi connectivity index (χ2n) is 4.27. The molecule has 0 N–H and O–H groups in total. The molecule has 1 fully saturated rings. The van der Waals surface area contributed by atoms with Crippen LogP contribution in [-0.4, -0.2) is 0 Å². The van der Waals surface area contributed by atoms with Gasteiger partial charge in [0.15, 0.2) is 0 Å². The van der Waals surface area contributed by atoms with Gasteiger partial charge in [0.05, 0.1) is 0 Å². The second-order valence-corrected chi connectivity index (χ2v) is 5.78. The van der Waals surface area contributed by atoms with Gasteiger partial charge in [-0.2, -0.15) is 0 Å². The Hall–Kier alpha value is -0.0800. The normalized spacial score (nSPS) is 17.9. The van der Waals surface area contributed by atoms with E-state index in [4.69, 9.17) is 11.6 Å². The van der Waals surface area contributed by atoms with E-state index in [0.717, 1.165) is 17.9 Å². The minimum Gasteiger partial charge on any atom is -0.207 e. The molecule has 0 nitrogen and oxygen atoms in total. The molecule has 0 bridgehead atoms. The first kappa shape index (κ1) is 11.4. The Kier molecular flexibility index (Phi) is 3.36. The van der Waals surface area contributed by atoms with Crippen molar-refractivity contribution in [3.05, 3.63) is 34.1 Å². The van der Waals surface area contributed by atoms with Crippen LogP contribution in [0.1, 0.15) is 35.2 Å². The van der Waals surface area contributed by atoms with Gasteiger partial charge < -0.3 is 0 Å². The van der Waals surface area contributed by atoms with Crippen LogP contribution in [0.25, 0.3) is 0 Å². The minimum absolute atomic E-state index is 0.227. The molecule has 2 rings (SSSR count). The summed E-state index contributed by atoms with van der Waals surface area (Å²) in [5.74, 6) is 0.602. The molecule has 1 atom stereocenters. The first-order valence-corrected chi connectivity index (χ1v) is 6.47. The molecule has 1 aliphatic rings. The van der Waals surface area contributed by atoms with Crippen molar-refractivity contribution < 1.29 is 4.39 Å². The number of rotatable bonds is 3.